The normalized spacial score (nSPS) is 20.1. The maximum Gasteiger partial charge on any atom is 0.309 e. The van der Waals surface area contributed by atoms with Crippen LogP contribution in [0, 0.1) is 23.7 Å². The van der Waals surface area contributed by atoms with Crippen molar-refractivity contribution in [3.63, 3.8) is 0 Å². The van der Waals surface area contributed by atoms with Crippen LogP contribution in [0.1, 0.15) is 63.0 Å². The van der Waals surface area contributed by atoms with Gasteiger partial charge < -0.3 is 14.7 Å². The van der Waals surface area contributed by atoms with Crippen molar-refractivity contribution in [2.24, 2.45) is 23.7 Å². The highest BCUT2D eigenvalue weighted by molar-refractivity contribution is 6.05. The molecule has 222 valence electrons. The number of carboxylic acids is 1. The molecule has 6 atom stereocenters. The average Bonchev–Trinajstić information content (AvgIpc) is 3.18. The first kappa shape index (κ1) is 32.0. The van der Waals surface area contributed by atoms with Gasteiger partial charge >= 0.3 is 11.9 Å². The summed E-state index contributed by atoms with van der Waals surface area (Å²) in [5, 5.41) is 10.2. The number of imide groups is 1. The van der Waals surface area contributed by atoms with E-state index < -0.39 is 41.5 Å². The highest BCUT2D eigenvalue weighted by Gasteiger charge is 2.52. The van der Waals surface area contributed by atoms with Crippen molar-refractivity contribution in [1.82, 2.24) is 9.80 Å². The summed E-state index contributed by atoms with van der Waals surface area (Å²) in [6.07, 6.45) is 1.13. The van der Waals surface area contributed by atoms with Gasteiger partial charge in [-0.25, -0.2) is 0 Å². The van der Waals surface area contributed by atoms with Crippen molar-refractivity contribution in [2.75, 3.05) is 33.8 Å². The van der Waals surface area contributed by atoms with Crippen LogP contribution in [0.25, 0.3) is 0 Å². The lowest BCUT2D eigenvalue weighted by Gasteiger charge is -2.31. The van der Waals surface area contributed by atoms with E-state index >= 15 is 0 Å². The molecule has 0 radical (unpaired) electrons. The molecule has 2 aromatic carbocycles. The molecule has 6 unspecified atom stereocenters. The second kappa shape index (κ2) is 14.9. The number of carboxylic acid groups (broad SMARTS) is 1. The monoisotopic (exact) mass is 564 g/mol. The van der Waals surface area contributed by atoms with Crippen LogP contribution in [0.3, 0.4) is 0 Å². The molecule has 0 spiro atoms. The van der Waals surface area contributed by atoms with Gasteiger partial charge in [-0.2, -0.15) is 0 Å². The lowest BCUT2D eigenvalue weighted by molar-refractivity contribution is -0.157. The van der Waals surface area contributed by atoms with E-state index in [0.717, 1.165) is 17.7 Å². The molecule has 2 aromatic rings. The lowest BCUT2D eigenvalue weighted by atomic mass is 9.70. The average molecular weight is 565 g/mol. The minimum Gasteiger partial charge on any atom is -0.481 e. The van der Waals surface area contributed by atoms with Crippen LogP contribution in [-0.4, -0.2) is 72.5 Å². The molecule has 1 aliphatic rings. The number of esters is 1. The first-order valence-corrected chi connectivity index (χ1v) is 14.6. The molecule has 1 heterocycles. The van der Waals surface area contributed by atoms with E-state index in [0.29, 0.717) is 19.4 Å². The molecule has 8 nitrogen and oxygen atoms in total. The van der Waals surface area contributed by atoms with Crippen LogP contribution in [0.5, 0.6) is 0 Å². The Morgan fingerprint density at radius 1 is 0.951 bits per heavy atom. The predicted molar refractivity (Wildman–Crippen MR) is 157 cm³/mol. The van der Waals surface area contributed by atoms with Gasteiger partial charge in [0, 0.05) is 6.54 Å². The zero-order valence-electron chi connectivity index (χ0n) is 24.9. The zero-order chi connectivity index (χ0) is 30.1. The van der Waals surface area contributed by atoms with E-state index in [2.05, 4.69) is 6.92 Å². The summed E-state index contributed by atoms with van der Waals surface area (Å²) in [6.45, 7) is 6.48. The minimum absolute atomic E-state index is 0.00678. The van der Waals surface area contributed by atoms with Crippen molar-refractivity contribution in [3.05, 3.63) is 71.8 Å². The van der Waals surface area contributed by atoms with Crippen LogP contribution in [-0.2, 0) is 23.9 Å². The second-order valence-electron chi connectivity index (χ2n) is 11.4. The van der Waals surface area contributed by atoms with Gasteiger partial charge in [0.2, 0.25) is 11.8 Å². The molecule has 8 heteroatoms. The second-order valence-corrected chi connectivity index (χ2v) is 11.4. The number of hydrogen-bond donors (Lipinski definition) is 1. The van der Waals surface area contributed by atoms with E-state index in [1.807, 2.05) is 79.7 Å². The van der Waals surface area contributed by atoms with Gasteiger partial charge in [0.1, 0.15) is 0 Å². The van der Waals surface area contributed by atoms with E-state index in [-0.39, 0.29) is 30.8 Å². The maximum absolute atomic E-state index is 14.1. The number of carbonyl (C=O) groups excluding carboxylic acids is 3. The first-order valence-electron chi connectivity index (χ1n) is 14.6. The Kier molecular flexibility index (Phi) is 11.6. The molecule has 0 aliphatic carbocycles. The number of aliphatic carboxylic acids is 1. The number of likely N-dealkylation sites (tertiary alicyclic amines) is 1. The highest BCUT2D eigenvalue weighted by Crippen LogP contribution is 2.45. The summed E-state index contributed by atoms with van der Waals surface area (Å²) in [5.74, 6) is -6.10. The molecule has 1 fully saturated rings. The Morgan fingerprint density at radius 2 is 1.54 bits per heavy atom. The summed E-state index contributed by atoms with van der Waals surface area (Å²) < 4.78 is 5.15. The van der Waals surface area contributed by atoms with E-state index in [1.165, 1.54) is 4.90 Å². The summed E-state index contributed by atoms with van der Waals surface area (Å²) in [5.41, 5.74) is 1.86. The number of carbonyl (C=O) groups is 4. The van der Waals surface area contributed by atoms with Crippen molar-refractivity contribution in [2.45, 2.75) is 51.9 Å². The molecule has 0 aromatic heterocycles. The molecular formula is C33H44N2O6. The standard InChI is InChI=1S/C33H44N2O6/c1-6-41-33(40)23(3)26(32(38)39)21-27(25-16-11-8-12-17-25)29-28(20-22(2)24-14-9-7-10-15-24)30(36)35(31(29)37)19-13-18-34(4)5/h7-12,14-17,22-23,26-29H,6,13,18-21H2,1-5H3,(H,38,39). The molecule has 2 amide bonds. The Hall–Kier alpha value is -3.52. The topological polar surface area (TPSA) is 104 Å². The number of hydrogen-bond acceptors (Lipinski definition) is 6. The number of rotatable bonds is 15. The molecule has 41 heavy (non-hydrogen) atoms. The molecular weight excluding hydrogens is 520 g/mol. The van der Waals surface area contributed by atoms with Crippen molar-refractivity contribution < 1.29 is 29.0 Å². The Morgan fingerprint density at radius 3 is 2.07 bits per heavy atom. The van der Waals surface area contributed by atoms with Crippen LogP contribution in [0.15, 0.2) is 60.7 Å². The van der Waals surface area contributed by atoms with Gasteiger partial charge in [0.05, 0.1) is 30.3 Å². The van der Waals surface area contributed by atoms with E-state index in [4.69, 9.17) is 4.74 Å². The molecule has 1 aliphatic heterocycles. The van der Waals surface area contributed by atoms with Crippen LogP contribution in [0.2, 0.25) is 0 Å². The van der Waals surface area contributed by atoms with Gasteiger partial charge in [-0.1, -0.05) is 74.5 Å². The molecule has 3 rings (SSSR count). The Labute approximate surface area is 243 Å². The minimum atomic E-state index is -1.12. The molecule has 0 saturated carbocycles. The molecule has 1 saturated heterocycles. The van der Waals surface area contributed by atoms with Crippen molar-refractivity contribution >= 4 is 23.8 Å². The number of amides is 2. The first-order chi connectivity index (χ1) is 19.6. The Bertz CT molecular complexity index is 1170. The van der Waals surface area contributed by atoms with Gasteiger partial charge in [0.25, 0.3) is 0 Å². The third-order valence-electron chi connectivity index (χ3n) is 8.28. The number of nitrogens with zero attached hydrogens (tertiary/aromatic N) is 2. The van der Waals surface area contributed by atoms with E-state index in [9.17, 15) is 24.3 Å². The number of benzene rings is 2. The third kappa shape index (κ3) is 8.03. The summed E-state index contributed by atoms with van der Waals surface area (Å²) in [6, 6.07) is 19.2. The summed E-state index contributed by atoms with van der Waals surface area (Å²) >= 11 is 0. The van der Waals surface area contributed by atoms with Gasteiger partial charge in [-0.15, -0.1) is 0 Å². The lowest BCUT2D eigenvalue weighted by Crippen LogP contribution is -2.36. The van der Waals surface area contributed by atoms with Crippen LogP contribution >= 0.6 is 0 Å². The maximum atomic E-state index is 14.1. The SMILES string of the molecule is CCOC(=O)C(C)C(CC(c1ccccc1)C1C(=O)N(CCCN(C)C)C(=O)C1CC(C)c1ccccc1)C(=O)O. The number of ether oxygens (including phenoxy) is 1. The van der Waals surface area contributed by atoms with Gasteiger partial charge in [-0.05, 0) is 69.8 Å². The van der Waals surface area contributed by atoms with Crippen LogP contribution < -0.4 is 0 Å². The van der Waals surface area contributed by atoms with Crippen molar-refractivity contribution in [3.8, 4) is 0 Å². The van der Waals surface area contributed by atoms with E-state index in [1.54, 1.807) is 13.8 Å². The van der Waals surface area contributed by atoms with Crippen LogP contribution in [0.4, 0.5) is 0 Å². The van der Waals surface area contributed by atoms with Gasteiger partial charge in [-0.3, -0.25) is 24.1 Å². The summed E-state index contributed by atoms with van der Waals surface area (Å²) in [7, 11) is 3.89. The fourth-order valence-electron chi connectivity index (χ4n) is 6.00. The largest absolute Gasteiger partial charge is 0.481 e. The predicted octanol–water partition coefficient (Wildman–Crippen LogP) is 4.81. The third-order valence-corrected chi connectivity index (χ3v) is 8.28. The van der Waals surface area contributed by atoms with Crippen molar-refractivity contribution in [1.29, 1.82) is 0 Å². The fourth-order valence-corrected chi connectivity index (χ4v) is 6.00. The summed E-state index contributed by atoms with van der Waals surface area (Å²) in [4.78, 5) is 56.6. The van der Waals surface area contributed by atoms with Gasteiger partial charge in [0.15, 0.2) is 0 Å². The molecule has 1 N–H and O–H groups in total. The molecule has 0 bridgehead atoms. The zero-order valence-corrected chi connectivity index (χ0v) is 24.9. The quantitative estimate of drug-likeness (QED) is 0.245. The fraction of sp³-hybridized carbons (Fsp3) is 0.515. The smallest absolute Gasteiger partial charge is 0.309 e. The Balaban J connectivity index is 2.04. The highest BCUT2D eigenvalue weighted by atomic mass is 16.5.